The molecule has 1 aromatic carbocycles. The third kappa shape index (κ3) is 3.27. The Kier molecular flexibility index (Phi) is 4.80. The number of alkyl halides is 1. The molecule has 1 aliphatic heterocycles. The van der Waals surface area contributed by atoms with Gasteiger partial charge in [-0.15, -0.1) is 0 Å². The molecule has 6 heteroatoms. The molecular formula is C16H21BrN2O3. The van der Waals surface area contributed by atoms with Gasteiger partial charge in [0.15, 0.2) is 0 Å². The number of nitrogens with one attached hydrogen (secondary N) is 1. The minimum Gasteiger partial charge on any atom is -0.496 e. The van der Waals surface area contributed by atoms with E-state index < -0.39 is 0 Å². The van der Waals surface area contributed by atoms with Gasteiger partial charge in [0.2, 0.25) is 5.91 Å². The van der Waals surface area contributed by atoms with E-state index in [1.54, 1.807) is 12.0 Å². The molecule has 0 radical (unpaired) electrons. The van der Waals surface area contributed by atoms with E-state index >= 15 is 0 Å². The average Bonchev–Trinajstić information content (AvgIpc) is 2.44. The first-order chi connectivity index (χ1) is 10.3. The Morgan fingerprint density at radius 2 is 2.00 bits per heavy atom. The summed E-state index contributed by atoms with van der Waals surface area (Å²) < 4.78 is 5.58. The van der Waals surface area contributed by atoms with E-state index in [2.05, 4.69) is 42.0 Å². The summed E-state index contributed by atoms with van der Waals surface area (Å²) in [5, 5.41) is 2.98. The molecule has 1 heterocycles. The first-order valence-electron chi connectivity index (χ1n) is 7.16. The molecule has 0 saturated carbocycles. The van der Waals surface area contributed by atoms with Crippen LogP contribution in [0.4, 0.5) is 10.5 Å². The van der Waals surface area contributed by atoms with Gasteiger partial charge in [-0.1, -0.05) is 36.7 Å². The van der Waals surface area contributed by atoms with Crippen LogP contribution < -0.4 is 15.0 Å². The third-order valence-corrected chi connectivity index (χ3v) is 4.28. The topological polar surface area (TPSA) is 58.6 Å². The Bertz CT molecular complexity index is 608. The number of anilines is 1. The second-order valence-electron chi connectivity index (χ2n) is 6.32. The van der Waals surface area contributed by atoms with E-state index in [-0.39, 0.29) is 17.4 Å². The highest BCUT2D eigenvalue weighted by molar-refractivity contribution is 9.08. The smallest absolute Gasteiger partial charge is 0.328 e. The number of ether oxygens (including phenoxy) is 1. The number of nitrogens with zero attached hydrogens (tertiary/aromatic N) is 1. The van der Waals surface area contributed by atoms with E-state index in [9.17, 15) is 9.59 Å². The van der Waals surface area contributed by atoms with Crippen LogP contribution in [0.2, 0.25) is 0 Å². The fraction of sp³-hybridized carbons (Fsp3) is 0.500. The fourth-order valence-corrected chi connectivity index (χ4v) is 2.95. The number of urea groups is 1. The molecule has 2 rings (SSSR count). The summed E-state index contributed by atoms with van der Waals surface area (Å²) in [7, 11) is 1.66. The van der Waals surface area contributed by atoms with Crippen molar-refractivity contribution in [2.75, 3.05) is 18.6 Å². The number of amides is 3. The number of methoxy groups -OCH3 is 1. The summed E-state index contributed by atoms with van der Waals surface area (Å²) in [6.45, 7) is 6.70. The van der Waals surface area contributed by atoms with E-state index in [1.807, 2.05) is 12.1 Å². The normalized spacial score (nSPS) is 15.8. The predicted molar refractivity (Wildman–Crippen MR) is 89.8 cm³/mol. The fourth-order valence-electron chi connectivity index (χ4n) is 2.54. The highest BCUT2D eigenvalue weighted by atomic mass is 79.9. The molecule has 0 unspecified atom stereocenters. The molecular weight excluding hydrogens is 348 g/mol. The lowest BCUT2D eigenvalue weighted by molar-refractivity contribution is -0.120. The molecule has 1 saturated heterocycles. The summed E-state index contributed by atoms with van der Waals surface area (Å²) in [6, 6.07) is 3.53. The second-order valence-corrected chi connectivity index (χ2v) is 6.89. The number of hydrogen-bond acceptors (Lipinski definition) is 3. The summed E-state index contributed by atoms with van der Waals surface area (Å²) in [6.07, 6.45) is 0.312. The quantitative estimate of drug-likeness (QED) is 0.832. The minimum atomic E-state index is -0.373. The van der Waals surface area contributed by atoms with Crippen molar-refractivity contribution in [3.05, 3.63) is 23.3 Å². The standard InChI is InChI=1S/C16H21BrN2O3/c1-16(2,3)12-8-11(7-10(9-17)14(12)22-4)19-6-5-13(20)18-15(19)21/h7-8H,5-6,9H2,1-4H3,(H,18,20,21). The maximum absolute atomic E-state index is 12.1. The average molecular weight is 369 g/mol. The Morgan fingerprint density at radius 1 is 1.32 bits per heavy atom. The van der Waals surface area contributed by atoms with E-state index in [1.165, 1.54) is 0 Å². The van der Waals surface area contributed by atoms with Crippen molar-refractivity contribution < 1.29 is 14.3 Å². The molecule has 1 aromatic rings. The van der Waals surface area contributed by atoms with Gasteiger partial charge in [-0.25, -0.2) is 4.79 Å². The molecule has 0 bridgehead atoms. The summed E-state index contributed by atoms with van der Waals surface area (Å²) in [5.74, 6) is 0.605. The van der Waals surface area contributed by atoms with Gasteiger partial charge in [-0.05, 0) is 17.5 Å². The Balaban J connectivity index is 2.53. The lowest BCUT2D eigenvalue weighted by atomic mass is 9.84. The Labute approximate surface area is 139 Å². The molecule has 0 aliphatic carbocycles. The van der Waals surface area contributed by atoms with Crippen molar-refractivity contribution in [3.63, 3.8) is 0 Å². The van der Waals surface area contributed by atoms with Crippen molar-refractivity contribution in [2.24, 2.45) is 0 Å². The molecule has 1 fully saturated rings. The van der Waals surface area contributed by atoms with Gasteiger partial charge in [0.05, 0.1) is 7.11 Å². The van der Waals surface area contributed by atoms with Gasteiger partial charge in [0, 0.05) is 35.1 Å². The van der Waals surface area contributed by atoms with Crippen LogP contribution in [0.15, 0.2) is 12.1 Å². The zero-order valence-corrected chi connectivity index (χ0v) is 14.9. The van der Waals surface area contributed by atoms with Crippen LogP contribution in [0.25, 0.3) is 0 Å². The van der Waals surface area contributed by atoms with Crippen LogP contribution in [0, 0.1) is 0 Å². The van der Waals surface area contributed by atoms with Gasteiger partial charge >= 0.3 is 6.03 Å². The number of benzene rings is 1. The van der Waals surface area contributed by atoms with E-state index in [4.69, 9.17) is 4.74 Å². The largest absolute Gasteiger partial charge is 0.496 e. The van der Waals surface area contributed by atoms with Gasteiger partial charge < -0.3 is 4.74 Å². The third-order valence-electron chi connectivity index (χ3n) is 3.67. The number of rotatable bonds is 3. The molecule has 3 amide bonds. The number of carbonyl (C=O) groups excluding carboxylic acids is 2. The second kappa shape index (κ2) is 6.28. The summed E-state index contributed by atoms with van der Waals surface area (Å²) >= 11 is 3.48. The summed E-state index contributed by atoms with van der Waals surface area (Å²) in [4.78, 5) is 25.0. The van der Waals surface area contributed by atoms with Crippen LogP contribution >= 0.6 is 15.9 Å². The van der Waals surface area contributed by atoms with Crippen LogP contribution in [-0.4, -0.2) is 25.6 Å². The SMILES string of the molecule is COc1c(CBr)cc(N2CCC(=O)NC2=O)cc1C(C)(C)C. The Morgan fingerprint density at radius 3 is 2.50 bits per heavy atom. The molecule has 120 valence electrons. The van der Waals surface area contributed by atoms with Gasteiger partial charge in [-0.3, -0.25) is 15.0 Å². The first-order valence-corrected chi connectivity index (χ1v) is 8.28. The van der Waals surface area contributed by atoms with Crippen molar-refractivity contribution in [3.8, 4) is 5.75 Å². The zero-order chi connectivity index (χ0) is 16.5. The van der Waals surface area contributed by atoms with Gasteiger partial charge in [-0.2, -0.15) is 0 Å². The summed E-state index contributed by atoms with van der Waals surface area (Å²) in [5.41, 5.74) is 2.67. The molecule has 0 atom stereocenters. The monoisotopic (exact) mass is 368 g/mol. The van der Waals surface area contributed by atoms with Crippen molar-refractivity contribution in [2.45, 2.75) is 37.9 Å². The number of carbonyl (C=O) groups is 2. The lowest BCUT2D eigenvalue weighted by Crippen LogP contribution is -2.49. The van der Waals surface area contributed by atoms with Crippen molar-refractivity contribution in [1.82, 2.24) is 5.32 Å². The predicted octanol–water partition coefficient (Wildman–Crippen LogP) is 3.33. The van der Waals surface area contributed by atoms with Crippen LogP contribution in [0.1, 0.15) is 38.3 Å². The van der Waals surface area contributed by atoms with E-state index in [0.29, 0.717) is 18.3 Å². The van der Waals surface area contributed by atoms with Crippen LogP contribution in [-0.2, 0) is 15.5 Å². The lowest BCUT2D eigenvalue weighted by Gasteiger charge is -2.30. The molecule has 5 nitrogen and oxygen atoms in total. The van der Waals surface area contributed by atoms with Gasteiger partial charge in [0.1, 0.15) is 5.75 Å². The van der Waals surface area contributed by atoms with Gasteiger partial charge in [0.25, 0.3) is 0 Å². The first kappa shape index (κ1) is 16.8. The van der Waals surface area contributed by atoms with Crippen molar-refractivity contribution in [1.29, 1.82) is 0 Å². The molecule has 0 aromatic heterocycles. The highest BCUT2D eigenvalue weighted by Gasteiger charge is 2.28. The number of halogens is 1. The molecule has 22 heavy (non-hydrogen) atoms. The van der Waals surface area contributed by atoms with E-state index in [0.717, 1.165) is 22.6 Å². The van der Waals surface area contributed by atoms with Crippen LogP contribution in [0.3, 0.4) is 0 Å². The minimum absolute atomic E-state index is 0.125. The zero-order valence-electron chi connectivity index (χ0n) is 13.3. The highest BCUT2D eigenvalue weighted by Crippen LogP contribution is 2.38. The number of imide groups is 1. The Hall–Kier alpha value is -1.56. The molecule has 1 N–H and O–H groups in total. The molecule has 1 aliphatic rings. The number of hydrogen-bond donors (Lipinski definition) is 1. The molecule has 0 spiro atoms. The maximum atomic E-state index is 12.1. The van der Waals surface area contributed by atoms with Crippen molar-refractivity contribution >= 4 is 33.6 Å². The maximum Gasteiger partial charge on any atom is 0.328 e. The van der Waals surface area contributed by atoms with Crippen LogP contribution in [0.5, 0.6) is 5.75 Å².